The molecule has 1 aliphatic rings. The molecule has 0 spiro atoms. The molecule has 2 N–H and O–H groups in total. The first-order valence-corrected chi connectivity index (χ1v) is 8.65. The fourth-order valence-corrected chi connectivity index (χ4v) is 3.02. The van der Waals surface area contributed by atoms with Crippen molar-refractivity contribution in [3.8, 4) is 0 Å². The van der Waals surface area contributed by atoms with E-state index < -0.39 is 5.60 Å². The highest BCUT2D eigenvalue weighted by Gasteiger charge is 2.28. The molecule has 5 heteroatoms. The van der Waals surface area contributed by atoms with E-state index in [1.165, 1.54) is 6.42 Å². The second-order valence-corrected chi connectivity index (χ2v) is 7.28. The van der Waals surface area contributed by atoms with Crippen LogP contribution < -0.4 is 10.6 Å². The maximum Gasteiger partial charge on any atom is 0.407 e. The zero-order valence-electron chi connectivity index (χ0n) is 14.8. The van der Waals surface area contributed by atoms with Crippen LogP contribution in [0.4, 0.5) is 4.79 Å². The molecular formula is C18H30N2O3. The van der Waals surface area contributed by atoms with Crippen LogP contribution in [0, 0.1) is 5.92 Å². The molecule has 2 rings (SSSR count). The van der Waals surface area contributed by atoms with E-state index in [2.05, 4.69) is 17.6 Å². The number of ether oxygens (including phenoxy) is 1. The van der Waals surface area contributed by atoms with Gasteiger partial charge in [-0.15, -0.1) is 0 Å². The molecule has 0 aromatic carbocycles. The highest BCUT2D eigenvalue weighted by molar-refractivity contribution is 5.67. The molecule has 1 heterocycles. The molecule has 2 unspecified atom stereocenters. The van der Waals surface area contributed by atoms with Gasteiger partial charge in [-0.2, -0.15) is 0 Å². The number of alkyl carbamates (subject to hydrolysis) is 1. The lowest BCUT2D eigenvalue weighted by atomic mass is 10.0. The van der Waals surface area contributed by atoms with Crippen molar-refractivity contribution in [2.24, 2.45) is 5.92 Å². The molecule has 23 heavy (non-hydrogen) atoms. The Kier molecular flexibility index (Phi) is 6.10. The first kappa shape index (κ1) is 17.9. The predicted octanol–water partition coefficient (Wildman–Crippen LogP) is 3.63. The van der Waals surface area contributed by atoms with Crippen molar-refractivity contribution in [1.82, 2.24) is 10.6 Å². The van der Waals surface area contributed by atoms with Gasteiger partial charge >= 0.3 is 6.09 Å². The predicted molar refractivity (Wildman–Crippen MR) is 90.3 cm³/mol. The summed E-state index contributed by atoms with van der Waals surface area (Å²) in [6, 6.07) is 4.49. The number of furan rings is 1. The average molecular weight is 322 g/mol. The zero-order chi connectivity index (χ0) is 16.9. The summed E-state index contributed by atoms with van der Waals surface area (Å²) in [7, 11) is 0. The minimum absolute atomic E-state index is 0.332. The number of amides is 1. The summed E-state index contributed by atoms with van der Waals surface area (Å²) in [6.45, 7) is 9.12. The van der Waals surface area contributed by atoms with E-state index in [1.54, 1.807) is 0 Å². The van der Waals surface area contributed by atoms with Gasteiger partial charge in [-0.05, 0) is 51.7 Å². The molecule has 1 fully saturated rings. The molecule has 0 saturated heterocycles. The van der Waals surface area contributed by atoms with Crippen LogP contribution in [-0.2, 0) is 17.7 Å². The summed E-state index contributed by atoms with van der Waals surface area (Å²) >= 11 is 0. The summed E-state index contributed by atoms with van der Waals surface area (Å²) in [6.07, 6.45) is 4.05. The minimum Gasteiger partial charge on any atom is -0.465 e. The molecule has 0 radical (unpaired) electrons. The van der Waals surface area contributed by atoms with Crippen LogP contribution >= 0.6 is 0 Å². The Balaban J connectivity index is 1.75. The van der Waals surface area contributed by atoms with Crippen molar-refractivity contribution in [3.05, 3.63) is 23.7 Å². The van der Waals surface area contributed by atoms with Crippen LogP contribution in [0.2, 0.25) is 0 Å². The monoisotopic (exact) mass is 322 g/mol. The van der Waals surface area contributed by atoms with E-state index in [0.29, 0.717) is 18.5 Å². The molecule has 130 valence electrons. The zero-order valence-corrected chi connectivity index (χ0v) is 14.8. The summed E-state index contributed by atoms with van der Waals surface area (Å²) in [5.74, 6) is 2.45. The molecule has 1 aromatic heterocycles. The first-order chi connectivity index (χ1) is 10.9. The maximum atomic E-state index is 11.8. The molecule has 0 bridgehead atoms. The molecule has 1 aromatic rings. The van der Waals surface area contributed by atoms with Crippen molar-refractivity contribution in [2.45, 2.75) is 71.6 Å². The van der Waals surface area contributed by atoms with Crippen LogP contribution in [0.15, 0.2) is 16.5 Å². The van der Waals surface area contributed by atoms with Crippen LogP contribution in [0.25, 0.3) is 0 Å². The van der Waals surface area contributed by atoms with Gasteiger partial charge < -0.3 is 19.8 Å². The average Bonchev–Trinajstić information content (AvgIpc) is 3.10. The van der Waals surface area contributed by atoms with Gasteiger partial charge in [-0.1, -0.05) is 13.3 Å². The number of aryl methyl sites for hydroxylation is 1. The lowest BCUT2D eigenvalue weighted by Gasteiger charge is -2.23. The Bertz CT molecular complexity index is 505. The van der Waals surface area contributed by atoms with E-state index in [0.717, 1.165) is 37.3 Å². The minimum atomic E-state index is -0.451. The molecular weight excluding hydrogens is 292 g/mol. The molecule has 2 atom stereocenters. The second kappa shape index (κ2) is 7.86. The Morgan fingerprint density at radius 1 is 1.30 bits per heavy atom. The Morgan fingerprint density at radius 2 is 2.04 bits per heavy atom. The number of nitrogens with one attached hydrogen (secondary N) is 2. The second-order valence-electron chi connectivity index (χ2n) is 7.28. The van der Waals surface area contributed by atoms with Gasteiger partial charge in [0.2, 0.25) is 0 Å². The third kappa shape index (κ3) is 5.90. The summed E-state index contributed by atoms with van der Waals surface area (Å²) < 4.78 is 11.0. The smallest absolute Gasteiger partial charge is 0.407 e. The van der Waals surface area contributed by atoms with E-state index in [1.807, 2.05) is 32.9 Å². The van der Waals surface area contributed by atoms with E-state index in [4.69, 9.17) is 9.15 Å². The lowest BCUT2D eigenvalue weighted by Crippen LogP contribution is -2.40. The summed E-state index contributed by atoms with van der Waals surface area (Å²) in [4.78, 5) is 11.8. The third-order valence-electron chi connectivity index (χ3n) is 4.17. The van der Waals surface area contributed by atoms with Gasteiger partial charge in [-0.3, -0.25) is 0 Å². The van der Waals surface area contributed by atoms with Gasteiger partial charge in [-0.25, -0.2) is 4.79 Å². The normalized spacial score (nSPS) is 21.4. The highest BCUT2D eigenvalue weighted by Crippen LogP contribution is 2.25. The van der Waals surface area contributed by atoms with E-state index in [9.17, 15) is 4.79 Å². The van der Waals surface area contributed by atoms with Crippen molar-refractivity contribution >= 4 is 6.09 Å². The van der Waals surface area contributed by atoms with Gasteiger partial charge in [0.1, 0.15) is 17.1 Å². The third-order valence-corrected chi connectivity index (χ3v) is 4.17. The fourth-order valence-electron chi connectivity index (χ4n) is 3.02. The largest absolute Gasteiger partial charge is 0.465 e. The van der Waals surface area contributed by atoms with Gasteiger partial charge in [0.25, 0.3) is 0 Å². The Hall–Kier alpha value is -1.49. The van der Waals surface area contributed by atoms with Gasteiger partial charge in [0, 0.05) is 19.0 Å². The van der Waals surface area contributed by atoms with Gasteiger partial charge in [0.15, 0.2) is 0 Å². The summed E-state index contributed by atoms with van der Waals surface area (Å²) in [5.41, 5.74) is -0.451. The van der Waals surface area contributed by atoms with Crippen LogP contribution in [0.1, 0.15) is 58.5 Å². The lowest BCUT2D eigenvalue weighted by molar-refractivity contribution is 0.0517. The fraction of sp³-hybridized carbons (Fsp3) is 0.722. The van der Waals surface area contributed by atoms with E-state index >= 15 is 0 Å². The Morgan fingerprint density at radius 3 is 2.70 bits per heavy atom. The standard InChI is InChI=1S/C18H30N2O3/c1-5-14-9-10-15(22-14)12-19-16-8-6-7-13(16)11-20-17(21)23-18(2,3)4/h9-10,13,16,19H,5-8,11-12H2,1-4H3,(H,20,21). The van der Waals surface area contributed by atoms with E-state index in [-0.39, 0.29) is 6.09 Å². The number of hydrogen-bond donors (Lipinski definition) is 2. The molecule has 1 amide bonds. The molecule has 0 aliphatic heterocycles. The molecule has 5 nitrogen and oxygen atoms in total. The first-order valence-electron chi connectivity index (χ1n) is 8.65. The summed E-state index contributed by atoms with van der Waals surface area (Å²) in [5, 5.41) is 6.47. The van der Waals surface area contributed by atoms with Crippen molar-refractivity contribution in [2.75, 3.05) is 6.54 Å². The highest BCUT2D eigenvalue weighted by atomic mass is 16.6. The number of hydrogen-bond acceptors (Lipinski definition) is 4. The quantitative estimate of drug-likeness (QED) is 0.839. The van der Waals surface area contributed by atoms with Crippen LogP contribution in [-0.4, -0.2) is 24.3 Å². The number of rotatable bonds is 6. The topological polar surface area (TPSA) is 63.5 Å². The maximum absolute atomic E-state index is 11.8. The number of carbonyl (C=O) groups is 1. The van der Waals surface area contributed by atoms with Crippen LogP contribution in [0.5, 0.6) is 0 Å². The SMILES string of the molecule is CCc1ccc(CNC2CCCC2CNC(=O)OC(C)(C)C)o1. The molecule has 1 aliphatic carbocycles. The van der Waals surface area contributed by atoms with Crippen molar-refractivity contribution in [3.63, 3.8) is 0 Å². The molecule has 1 saturated carbocycles. The van der Waals surface area contributed by atoms with Crippen LogP contribution in [0.3, 0.4) is 0 Å². The Labute approximate surface area is 139 Å². The van der Waals surface area contributed by atoms with Crippen molar-refractivity contribution in [1.29, 1.82) is 0 Å². The van der Waals surface area contributed by atoms with Crippen molar-refractivity contribution < 1.29 is 13.9 Å². The number of carbonyl (C=O) groups excluding carboxylic acids is 1. The van der Waals surface area contributed by atoms with Gasteiger partial charge in [0.05, 0.1) is 6.54 Å².